The van der Waals surface area contributed by atoms with Gasteiger partial charge in [-0.15, -0.1) is 0 Å². The first-order valence-electron chi connectivity index (χ1n) is 6.36. The van der Waals surface area contributed by atoms with Crippen molar-refractivity contribution in [3.63, 3.8) is 0 Å². The molecule has 0 aromatic heterocycles. The van der Waals surface area contributed by atoms with Gasteiger partial charge in [-0.1, -0.05) is 13.8 Å². The molecule has 18 heavy (non-hydrogen) atoms. The van der Waals surface area contributed by atoms with Crippen LogP contribution in [0.2, 0.25) is 0 Å². The summed E-state index contributed by atoms with van der Waals surface area (Å²) in [6, 6.07) is 0.0414. The third-order valence-electron chi connectivity index (χ3n) is 3.46. The van der Waals surface area contributed by atoms with Gasteiger partial charge in [0.05, 0.1) is 12.5 Å². The van der Waals surface area contributed by atoms with Gasteiger partial charge in [0, 0.05) is 39.3 Å². The van der Waals surface area contributed by atoms with Crippen LogP contribution in [0.15, 0.2) is 0 Å². The molecule has 108 valence electrons. The molecule has 0 aliphatic carbocycles. The lowest BCUT2D eigenvalue weighted by Crippen LogP contribution is -2.47. The summed E-state index contributed by atoms with van der Waals surface area (Å²) >= 11 is 0. The van der Waals surface area contributed by atoms with Gasteiger partial charge in [-0.2, -0.15) is 13.2 Å². The zero-order valence-corrected chi connectivity index (χ0v) is 11.3. The van der Waals surface area contributed by atoms with Crippen molar-refractivity contribution in [1.82, 2.24) is 10.2 Å². The Bertz CT molecular complexity index is 246. The van der Waals surface area contributed by atoms with E-state index < -0.39 is 12.1 Å². The van der Waals surface area contributed by atoms with E-state index in [2.05, 4.69) is 5.32 Å². The molecule has 1 N–H and O–H groups in total. The quantitative estimate of drug-likeness (QED) is 0.840. The van der Waals surface area contributed by atoms with E-state index in [4.69, 9.17) is 4.74 Å². The second-order valence-corrected chi connectivity index (χ2v) is 5.20. The topological polar surface area (TPSA) is 24.5 Å². The van der Waals surface area contributed by atoms with Gasteiger partial charge in [0.2, 0.25) is 0 Å². The molecular formula is C12H23F3N2O. The molecule has 0 amide bonds. The molecule has 1 aliphatic rings. The molecule has 0 bridgehead atoms. The molecule has 0 spiro atoms. The Hall–Kier alpha value is -0.330. The van der Waals surface area contributed by atoms with Gasteiger partial charge in [-0.05, 0) is 5.92 Å². The highest BCUT2D eigenvalue weighted by Crippen LogP contribution is 2.28. The number of hydrogen-bond donors (Lipinski definition) is 1. The standard InChI is InChI=1S/C12H23F3N2O/c1-9(2)11(8-18-3)17-5-4-16-6-10(7-17)12(13,14)15/h9-11,16H,4-8H2,1-3H3. The second kappa shape index (κ2) is 6.73. The number of rotatable bonds is 4. The summed E-state index contributed by atoms with van der Waals surface area (Å²) in [7, 11) is 1.59. The van der Waals surface area contributed by atoms with Crippen LogP contribution in [-0.2, 0) is 4.74 Å². The van der Waals surface area contributed by atoms with Crippen LogP contribution in [0.4, 0.5) is 13.2 Å². The highest BCUT2D eigenvalue weighted by Gasteiger charge is 2.42. The molecule has 0 aromatic carbocycles. The summed E-state index contributed by atoms with van der Waals surface area (Å²) in [5.41, 5.74) is 0. The molecule has 2 atom stereocenters. The number of hydrogen-bond acceptors (Lipinski definition) is 3. The van der Waals surface area contributed by atoms with Crippen molar-refractivity contribution in [3.05, 3.63) is 0 Å². The normalized spacial score (nSPS) is 25.2. The largest absolute Gasteiger partial charge is 0.394 e. The first-order chi connectivity index (χ1) is 8.36. The number of halogens is 3. The minimum Gasteiger partial charge on any atom is -0.383 e. The van der Waals surface area contributed by atoms with E-state index >= 15 is 0 Å². The predicted molar refractivity (Wildman–Crippen MR) is 64.5 cm³/mol. The Balaban J connectivity index is 2.73. The van der Waals surface area contributed by atoms with Gasteiger partial charge >= 0.3 is 6.18 Å². The Labute approximate surface area is 107 Å². The van der Waals surface area contributed by atoms with E-state index in [1.165, 1.54) is 0 Å². The van der Waals surface area contributed by atoms with Gasteiger partial charge < -0.3 is 10.1 Å². The number of alkyl halides is 3. The molecule has 6 heteroatoms. The van der Waals surface area contributed by atoms with Gasteiger partial charge in [-0.3, -0.25) is 4.90 Å². The monoisotopic (exact) mass is 268 g/mol. The summed E-state index contributed by atoms with van der Waals surface area (Å²) in [5, 5.41) is 2.87. The smallest absolute Gasteiger partial charge is 0.383 e. The Morgan fingerprint density at radius 3 is 2.56 bits per heavy atom. The van der Waals surface area contributed by atoms with E-state index in [0.29, 0.717) is 19.7 Å². The van der Waals surface area contributed by atoms with Gasteiger partial charge in [0.15, 0.2) is 0 Å². The van der Waals surface area contributed by atoms with Crippen LogP contribution in [0, 0.1) is 11.8 Å². The van der Waals surface area contributed by atoms with Crippen molar-refractivity contribution in [1.29, 1.82) is 0 Å². The summed E-state index contributed by atoms with van der Waals surface area (Å²) in [5.74, 6) is -1.02. The number of nitrogens with zero attached hydrogens (tertiary/aromatic N) is 1. The lowest BCUT2D eigenvalue weighted by Gasteiger charge is -2.34. The second-order valence-electron chi connectivity index (χ2n) is 5.20. The van der Waals surface area contributed by atoms with Gasteiger partial charge in [0.25, 0.3) is 0 Å². The number of ether oxygens (including phenoxy) is 1. The SMILES string of the molecule is COCC(C(C)C)N1CCNCC(C(F)(F)F)C1. The van der Waals surface area contributed by atoms with Crippen molar-refractivity contribution in [2.24, 2.45) is 11.8 Å². The van der Waals surface area contributed by atoms with E-state index in [-0.39, 0.29) is 25.0 Å². The molecule has 2 unspecified atom stereocenters. The molecule has 0 aromatic rings. The van der Waals surface area contributed by atoms with E-state index in [9.17, 15) is 13.2 Å². The van der Waals surface area contributed by atoms with Crippen molar-refractivity contribution < 1.29 is 17.9 Å². The van der Waals surface area contributed by atoms with Crippen LogP contribution in [0.25, 0.3) is 0 Å². The first-order valence-corrected chi connectivity index (χ1v) is 6.36. The molecular weight excluding hydrogens is 245 g/mol. The van der Waals surface area contributed by atoms with Crippen LogP contribution in [-0.4, -0.2) is 57.0 Å². The van der Waals surface area contributed by atoms with Crippen molar-refractivity contribution in [2.75, 3.05) is 39.9 Å². The number of methoxy groups -OCH3 is 1. The lowest BCUT2D eigenvalue weighted by atomic mass is 10.0. The summed E-state index contributed by atoms with van der Waals surface area (Å²) in [4.78, 5) is 1.91. The zero-order valence-electron chi connectivity index (χ0n) is 11.3. The Morgan fingerprint density at radius 2 is 2.06 bits per heavy atom. The molecule has 0 saturated carbocycles. The van der Waals surface area contributed by atoms with Crippen LogP contribution in [0.3, 0.4) is 0 Å². The fraction of sp³-hybridized carbons (Fsp3) is 1.00. The molecule has 0 radical (unpaired) electrons. The maximum absolute atomic E-state index is 12.8. The molecule has 1 fully saturated rings. The highest BCUT2D eigenvalue weighted by atomic mass is 19.4. The first kappa shape index (κ1) is 15.7. The van der Waals surface area contributed by atoms with Gasteiger partial charge in [-0.25, -0.2) is 0 Å². The van der Waals surface area contributed by atoms with E-state index in [1.54, 1.807) is 7.11 Å². The molecule has 1 rings (SSSR count). The average Bonchev–Trinajstić information content (AvgIpc) is 2.50. The van der Waals surface area contributed by atoms with Gasteiger partial charge in [0.1, 0.15) is 0 Å². The van der Waals surface area contributed by atoms with E-state index in [1.807, 2.05) is 18.7 Å². The molecule has 1 aliphatic heterocycles. The van der Waals surface area contributed by atoms with Crippen molar-refractivity contribution in [2.45, 2.75) is 26.1 Å². The summed E-state index contributed by atoms with van der Waals surface area (Å²) in [6.45, 7) is 5.82. The molecule has 3 nitrogen and oxygen atoms in total. The average molecular weight is 268 g/mol. The molecule has 1 saturated heterocycles. The fourth-order valence-corrected chi connectivity index (χ4v) is 2.35. The maximum Gasteiger partial charge on any atom is 0.394 e. The predicted octanol–water partition coefficient (Wildman–Crippen LogP) is 1.74. The third-order valence-corrected chi connectivity index (χ3v) is 3.46. The molecule has 1 heterocycles. The summed E-state index contributed by atoms with van der Waals surface area (Å²) in [6.07, 6.45) is -4.13. The minimum absolute atomic E-state index is 0.0117. The highest BCUT2D eigenvalue weighted by molar-refractivity contribution is 4.84. The van der Waals surface area contributed by atoms with Crippen LogP contribution in [0.1, 0.15) is 13.8 Å². The van der Waals surface area contributed by atoms with E-state index in [0.717, 1.165) is 0 Å². The lowest BCUT2D eigenvalue weighted by molar-refractivity contribution is -0.178. The van der Waals surface area contributed by atoms with Crippen LogP contribution >= 0.6 is 0 Å². The summed E-state index contributed by atoms with van der Waals surface area (Å²) < 4.78 is 43.7. The van der Waals surface area contributed by atoms with Crippen molar-refractivity contribution in [3.8, 4) is 0 Å². The third kappa shape index (κ3) is 4.40. The number of nitrogens with one attached hydrogen (secondary N) is 1. The fourth-order valence-electron chi connectivity index (χ4n) is 2.35. The Morgan fingerprint density at radius 1 is 1.39 bits per heavy atom. The zero-order chi connectivity index (χ0) is 13.8. The maximum atomic E-state index is 12.8. The van der Waals surface area contributed by atoms with Crippen LogP contribution in [0.5, 0.6) is 0 Å². The van der Waals surface area contributed by atoms with Crippen LogP contribution < -0.4 is 5.32 Å². The Kier molecular flexibility index (Phi) is 5.88. The minimum atomic E-state index is -4.13. The van der Waals surface area contributed by atoms with Crippen molar-refractivity contribution >= 4 is 0 Å².